The van der Waals surface area contributed by atoms with Gasteiger partial charge in [0.05, 0.1) is 32.0 Å². The number of ether oxygens (including phenoxy) is 2. The zero-order chi connectivity index (χ0) is 15.7. The van der Waals surface area contributed by atoms with Gasteiger partial charge in [-0.25, -0.2) is 0 Å². The van der Waals surface area contributed by atoms with Gasteiger partial charge in [-0.05, 0) is 38.5 Å². The first-order valence-corrected chi connectivity index (χ1v) is 8.14. The van der Waals surface area contributed by atoms with Crippen LogP contribution in [0.25, 0.3) is 0 Å². The number of rotatable bonds is 10. The van der Waals surface area contributed by atoms with Crippen molar-refractivity contribution in [2.75, 3.05) is 26.4 Å². The molecule has 1 aromatic carbocycles. The van der Waals surface area contributed by atoms with Crippen LogP contribution in [-0.2, 0) is 9.47 Å². The second kappa shape index (κ2) is 10.3. The summed E-state index contributed by atoms with van der Waals surface area (Å²) in [6, 6.07) is 8.35. The molecule has 0 saturated heterocycles. The van der Waals surface area contributed by atoms with Gasteiger partial charge in [-0.2, -0.15) is 0 Å². The maximum absolute atomic E-state index is 9.86. The summed E-state index contributed by atoms with van der Waals surface area (Å²) >= 11 is 3.42. The lowest BCUT2D eigenvalue weighted by atomic mass is 10.1. The van der Waals surface area contributed by atoms with Gasteiger partial charge in [0.25, 0.3) is 0 Å². The minimum atomic E-state index is -0.512. The molecule has 0 fully saturated rings. The minimum absolute atomic E-state index is 0.192. The Kier molecular flexibility index (Phi) is 9.11. The summed E-state index contributed by atoms with van der Waals surface area (Å²) in [5.74, 6) is 0. The molecule has 5 heteroatoms. The van der Waals surface area contributed by atoms with Crippen molar-refractivity contribution < 1.29 is 14.6 Å². The van der Waals surface area contributed by atoms with E-state index in [1.807, 2.05) is 26.0 Å². The average molecular weight is 360 g/mol. The van der Waals surface area contributed by atoms with Crippen molar-refractivity contribution in [3.8, 4) is 0 Å². The summed E-state index contributed by atoms with van der Waals surface area (Å²) in [4.78, 5) is 0. The fourth-order valence-electron chi connectivity index (χ4n) is 1.80. The summed E-state index contributed by atoms with van der Waals surface area (Å²) in [6.07, 6.45) is -0.297. The average Bonchev–Trinajstić information content (AvgIpc) is 2.44. The highest BCUT2D eigenvalue weighted by molar-refractivity contribution is 9.10. The Morgan fingerprint density at radius 2 is 1.81 bits per heavy atom. The van der Waals surface area contributed by atoms with E-state index in [0.29, 0.717) is 26.4 Å². The summed E-state index contributed by atoms with van der Waals surface area (Å²) in [6.45, 7) is 7.95. The minimum Gasteiger partial charge on any atom is -0.389 e. The summed E-state index contributed by atoms with van der Waals surface area (Å²) < 4.78 is 11.8. The Hall–Kier alpha value is -0.460. The maximum Gasteiger partial charge on any atom is 0.0897 e. The molecular formula is C16H26BrNO3. The Bertz CT molecular complexity index is 384. The van der Waals surface area contributed by atoms with Gasteiger partial charge in [-0.1, -0.05) is 28.1 Å². The molecule has 21 heavy (non-hydrogen) atoms. The third kappa shape index (κ3) is 8.53. The largest absolute Gasteiger partial charge is 0.389 e. The number of nitrogens with one attached hydrogen (secondary N) is 1. The lowest BCUT2D eigenvalue weighted by Gasteiger charge is -2.18. The predicted octanol–water partition coefficient (Wildman–Crippen LogP) is 2.90. The fraction of sp³-hybridized carbons (Fsp3) is 0.625. The molecule has 120 valence electrons. The van der Waals surface area contributed by atoms with E-state index in [4.69, 9.17) is 9.47 Å². The molecular weight excluding hydrogens is 334 g/mol. The lowest BCUT2D eigenvalue weighted by molar-refractivity contribution is -0.0104. The number of benzene rings is 1. The molecule has 0 radical (unpaired) electrons. The zero-order valence-electron chi connectivity index (χ0n) is 13.0. The first-order chi connectivity index (χ1) is 9.99. The molecule has 0 heterocycles. The third-order valence-electron chi connectivity index (χ3n) is 3.02. The molecule has 2 N–H and O–H groups in total. The smallest absolute Gasteiger partial charge is 0.0897 e. The summed E-state index contributed by atoms with van der Waals surface area (Å²) in [7, 11) is 0. The van der Waals surface area contributed by atoms with Gasteiger partial charge in [-0.15, -0.1) is 0 Å². The van der Waals surface area contributed by atoms with E-state index in [1.165, 1.54) is 5.56 Å². The zero-order valence-corrected chi connectivity index (χ0v) is 14.6. The highest BCUT2D eigenvalue weighted by Crippen LogP contribution is 2.16. The lowest BCUT2D eigenvalue weighted by Crippen LogP contribution is -2.32. The molecule has 0 bridgehead atoms. The van der Waals surface area contributed by atoms with Crippen LogP contribution in [0.2, 0.25) is 0 Å². The second-order valence-electron chi connectivity index (χ2n) is 5.33. The van der Waals surface area contributed by atoms with Crippen molar-refractivity contribution in [2.24, 2.45) is 0 Å². The molecule has 4 nitrogen and oxygen atoms in total. The number of hydrogen-bond acceptors (Lipinski definition) is 4. The molecule has 0 aliphatic rings. The van der Waals surface area contributed by atoms with Crippen molar-refractivity contribution in [1.29, 1.82) is 0 Å². The second-order valence-corrected chi connectivity index (χ2v) is 6.25. The molecule has 1 rings (SSSR count). The third-order valence-corrected chi connectivity index (χ3v) is 3.55. The van der Waals surface area contributed by atoms with Gasteiger partial charge in [-0.3, -0.25) is 0 Å². The van der Waals surface area contributed by atoms with Gasteiger partial charge >= 0.3 is 0 Å². The number of aliphatic hydroxyl groups is 1. The van der Waals surface area contributed by atoms with Gasteiger partial charge in [0.1, 0.15) is 0 Å². The van der Waals surface area contributed by atoms with Crippen LogP contribution in [0, 0.1) is 0 Å². The van der Waals surface area contributed by atoms with Crippen LogP contribution in [0.1, 0.15) is 32.4 Å². The van der Waals surface area contributed by atoms with E-state index in [1.54, 1.807) is 0 Å². The monoisotopic (exact) mass is 359 g/mol. The topological polar surface area (TPSA) is 50.7 Å². The van der Waals surface area contributed by atoms with E-state index in [2.05, 4.69) is 40.3 Å². The first kappa shape index (κ1) is 18.6. The van der Waals surface area contributed by atoms with Gasteiger partial charge in [0.15, 0.2) is 0 Å². The number of hydrogen-bond donors (Lipinski definition) is 2. The van der Waals surface area contributed by atoms with Crippen LogP contribution in [0.5, 0.6) is 0 Å². The summed E-state index contributed by atoms with van der Waals surface area (Å²) in [5, 5.41) is 13.2. The van der Waals surface area contributed by atoms with Crippen LogP contribution in [0.3, 0.4) is 0 Å². The molecule has 0 aliphatic carbocycles. The van der Waals surface area contributed by atoms with Crippen molar-refractivity contribution in [1.82, 2.24) is 5.32 Å². The van der Waals surface area contributed by atoms with E-state index in [-0.39, 0.29) is 12.1 Å². The normalized spacial score (nSPS) is 14.4. The van der Waals surface area contributed by atoms with Crippen molar-refractivity contribution >= 4 is 15.9 Å². The molecule has 0 aromatic heterocycles. The highest BCUT2D eigenvalue weighted by Gasteiger charge is 2.09. The molecule has 1 aromatic rings. The summed E-state index contributed by atoms with van der Waals surface area (Å²) in [5.41, 5.74) is 1.19. The van der Waals surface area contributed by atoms with Crippen molar-refractivity contribution in [2.45, 2.75) is 39.0 Å². The Balaban J connectivity index is 2.14. The number of aliphatic hydroxyl groups excluding tert-OH is 1. The fourth-order valence-corrected chi connectivity index (χ4v) is 2.07. The van der Waals surface area contributed by atoms with E-state index in [0.717, 1.165) is 4.47 Å². The van der Waals surface area contributed by atoms with E-state index < -0.39 is 6.10 Å². The van der Waals surface area contributed by atoms with Crippen LogP contribution in [0.4, 0.5) is 0 Å². The predicted molar refractivity (Wildman–Crippen MR) is 88.5 cm³/mol. The molecule has 0 saturated carbocycles. The SMILES string of the molecule is CC(C)OCCOCC(O)CN[C@H](C)c1ccc(Br)cc1. The molecule has 0 aliphatic heterocycles. The molecule has 0 amide bonds. The van der Waals surface area contributed by atoms with Crippen molar-refractivity contribution in [3.05, 3.63) is 34.3 Å². The Morgan fingerprint density at radius 1 is 1.14 bits per heavy atom. The van der Waals surface area contributed by atoms with Gasteiger partial charge in [0.2, 0.25) is 0 Å². The molecule has 0 spiro atoms. The van der Waals surface area contributed by atoms with Crippen LogP contribution in [-0.4, -0.2) is 43.7 Å². The van der Waals surface area contributed by atoms with Gasteiger partial charge in [0, 0.05) is 17.1 Å². The van der Waals surface area contributed by atoms with E-state index >= 15 is 0 Å². The van der Waals surface area contributed by atoms with Crippen molar-refractivity contribution in [3.63, 3.8) is 0 Å². The maximum atomic E-state index is 9.86. The number of halogens is 1. The standard InChI is InChI=1S/C16H26BrNO3/c1-12(2)21-9-8-20-11-16(19)10-18-13(3)14-4-6-15(17)7-5-14/h4-7,12-13,16,18-19H,8-11H2,1-3H3/t13-,16?/m1/s1. The highest BCUT2D eigenvalue weighted by atomic mass is 79.9. The Labute approximate surface area is 136 Å². The molecule has 1 unspecified atom stereocenters. The van der Waals surface area contributed by atoms with Crippen LogP contribution < -0.4 is 5.32 Å². The molecule has 2 atom stereocenters. The van der Waals surface area contributed by atoms with Crippen LogP contribution in [0.15, 0.2) is 28.7 Å². The Morgan fingerprint density at radius 3 is 2.43 bits per heavy atom. The van der Waals surface area contributed by atoms with Crippen LogP contribution >= 0.6 is 15.9 Å². The first-order valence-electron chi connectivity index (χ1n) is 7.35. The quantitative estimate of drug-likeness (QED) is 0.630. The van der Waals surface area contributed by atoms with Gasteiger partial charge < -0.3 is 19.9 Å². The van der Waals surface area contributed by atoms with E-state index in [9.17, 15) is 5.11 Å².